The number of hydrogen-bond donors (Lipinski definition) is 0. The molecule has 0 N–H and O–H groups in total. The lowest BCUT2D eigenvalue weighted by molar-refractivity contribution is -0.123. The van der Waals surface area contributed by atoms with Crippen molar-refractivity contribution in [2.24, 2.45) is 5.41 Å². The Morgan fingerprint density at radius 1 is 1.39 bits per heavy atom. The van der Waals surface area contributed by atoms with Crippen LogP contribution in [0.4, 0.5) is 0 Å². The van der Waals surface area contributed by atoms with Crippen LogP contribution < -0.4 is 4.74 Å². The second-order valence-electron chi connectivity index (χ2n) is 5.58. The van der Waals surface area contributed by atoms with Gasteiger partial charge in [-0.3, -0.25) is 4.79 Å². The van der Waals surface area contributed by atoms with Crippen molar-refractivity contribution < 1.29 is 9.53 Å². The molecule has 1 fully saturated rings. The number of rotatable bonds is 1. The van der Waals surface area contributed by atoms with Crippen LogP contribution in [0.15, 0.2) is 24.3 Å². The lowest BCUT2D eigenvalue weighted by atomic mass is 9.68. The predicted molar refractivity (Wildman–Crippen MR) is 71.7 cm³/mol. The number of ether oxygens (including phenoxy) is 1. The molecular formula is C16H18O2. The summed E-state index contributed by atoms with van der Waals surface area (Å²) in [5.74, 6) is 1.61. The minimum atomic E-state index is -0.286. The van der Waals surface area contributed by atoms with Gasteiger partial charge in [-0.05, 0) is 49.1 Å². The standard InChI is InChI=1S/C16H18O2/c1-10-9-16(2)14(6-7-15(16)17)12-5-4-11(18-3)8-13(10)12/h4-5,8-9,14H,6-7H2,1-3H3/t14-,16-/m0/s1. The van der Waals surface area contributed by atoms with Gasteiger partial charge >= 0.3 is 0 Å². The molecule has 0 bridgehead atoms. The number of hydrogen-bond acceptors (Lipinski definition) is 2. The Hall–Kier alpha value is -1.57. The monoisotopic (exact) mass is 242 g/mol. The van der Waals surface area contributed by atoms with Crippen molar-refractivity contribution in [3.63, 3.8) is 0 Å². The molecule has 2 aliphatic carbocycles. The summed E-state index contributed by atoms with van der Waals surface area (Å²) < 4.78 is 5.29. The molecule has 0 saturated heterocycles. The van der Waals surface area contributed by atoms with Gasteiger partial charge in [-0.1, -0.05) is 12.1 Å². The zero-order valence-corrected chi connectivity index (χ0v) is 11.1. The van der Waals surface area contributed by atoms with Gasteiger partial charge in [0.25, 0.3) is 0 Å². The van der Waals surface area contributed by atoms with Crippen molar-refractivity contribution in [3.8, 4) is 5.75 Å². The Labute approximate surface area is 108 Å². The van der Waals surface area contributed by atoms with Crippen molar-refractivity contribution in [3.05, 3.63) is 35.4 Å². The summed E-state index contributed by atoms with van der Waals surface area (Å²) in [5.41, 5.74) is 3.46. The number of carbonyl (C=O) groups excluding carboxylic acids is 1. The van der Waals surface area contributed by atoms with E-state index in [0.717, 1.165) is 12.2 Å². The molecule has 0 radical (unpaired) electrons. The number of carbonyl (C=O) groups is 1. The number of benzene rings is 1. The highest BCUT2D eigenvalue weighted by Crippen LogP contribution is 2.53. The van der Waals surface area contributed by atoms with Crippen LogP contribution in [0, 0.1) is 5.41 Å². The molecule has 0 amide bonds. The van der Waals surface area contributed by atoms with E-state index in [4.69, 9.17) is 4.74 Å². The first-order chi connectivity index (χ1) is 8.56. The van der Waals surface area contributed by atoms with Crippen LogP contribution in [0.1, 0.15) is 43.7 Å². The lowest BCUT2D eigenvalue weighted by Crippen LogP contribution is -2.28. The highest BCUT2D eigenvalue weighted by Gasteiger charge is 2.47. The molecule has 2 nitrogen and oxygen atoms in total. The molecule has 2 aliphatic rings. The number of ketones is 1. The molecule has 18 heavy (non-hydrogen) atoms. The van der Waals surface area contributed by atoms with Crippen LogP contribution in [0.25, 0.3) is 5.57 Å². The summed E-state index contributed by atoms with van der Waals surface area (Å²) in [6.07, 6.45) is 3.84. The van der Waals surface area contributed by atoms with Crippen molar-refractivity contribution in [1.82, 2.24) is 0 Å². The fourth-order valence-electron chi connectivity index (χ4n) is 3.53. The van der Waals surface area contributed by atoms with Crippen LogP contribution in [0.5, 0.6) is 5.75 Å². The van der Waals surface area contributed by atoms with Gasteiger partial charge in [0, 0.05) is 12.3 Å². The molecule has 1 aromatic carbocycles. The molecule has 1 saturated carbocycles. The van der Waals surface area contributed by atoms with E-state index in [1.807, 2.05) is 6.07 Å². The average molecular weight is 242 g/mol. The van der Waals surface area contributed by atoms with E-state index in [1.54, 1.807) is 7.11 Å². The molecule has 94 valence electrons. The Morgan fingerprint density at radius 3 is 2.89 bits per heavy atom. The summed E-state index contributed by atoms with van der Waals surface area (Å²) in [7, 11) is 1.69. The third kappa shape index (κ3) is 1.38. The maximum atomic E-state index is 12.1. The smallest absolute Gasteiger partial charge is 0.143 e. The molecular weight excluding hydrogens is 224 g/mol. The van der Waals surface area contributed by atoms with Crippen molar-refractivity contribution in [2.75, 3.05) is 7.11 Å². The van der Waals surface area contributed by atoms with Gasteiger partial charge in [-0.15, -0.1) is 0 Å². The second kappa shape index (κ2) is 3.71. The Bertz CT molecular complexity index is 556. The van der Waals surface area contributed by atoms with Gasteiger partial charge in [0.05, 0.1) is 12.5 Å². The lowest BCUT2D eigenvalue weighted by Gasteiger charge is -2.34. The Kier molecular flexibility index (Phi) is 2.37. The van der Waals surface area contributed by atoms with E-state index in [9.17, 15) is 4.79 Å². The molecule has 0 aliphatic heterocycles. The second-order valence-corrected chi connectivity index (χ2v) is 5.58. The van der Waals surface area contributed by atoms with Crippen LogP contribution in [-0.2, 0) is 4.79 Å². The van der Waals surface area contributed by atoms with Gasteiger partial charge in [-0.2, -0.15) is 0 Å². The third-order valence-electron chi connectivity index (χ3n) is 4.56. The number of allylic oxidation sites excluding steroid dienone is 2. The molecule has 0 heterocycles. The molecule has 0 aromatic heterocycles. The quantitative estimate of drug-likeness (QED) is 0.752. The molecule has 3 rings (SSSR count). The molecule has 1 aromatic rings. The molecule has 0 unspecified atom stereocenters. The summed E-state index contributed by atoms with van der Waals surface area (Å²) in [6.45, 7) is 4.18. The van der Waals surface area contributed by atoms with Crippen LogP contribution >= 0.6 is 0 Å². The van der Waals surface area contributed by atoms with Crippen LogP contribution in [-0.4, -0.2) is 12.9 Å². The minimum Gasteiger partial charge on any atom is -0.497 e. The predicted octanol–water partition coefficient (Wildman–Crippen LogP) is 3.56. The zero-order valence-electron chi connectivity index (χ0n) is 11.1. The van der Waals surface area contributed by atoms with Gasteiger partial charge in [0.2, 0.25) is 0 Å². The first-order valence-electron chi connectivity index (χ1n) is 6.47. The molecule has 0 spiro atoms. The first-order valence-corrected chi connectivity index (χ1v) is 6.47. The van der Waals surface area contributed by atoms with Gasteiger partial charge in [0.15, 0.2) is 0 Å². The number of methoxy groups -OCH3 is 1. The van der Waals surface area contributed by atoms with Crippen molar-refractivity contribution in [1.29, 1.82) is 0 Å². The summed E-state index contributed by atoms with van der Waals surface area (Å²) in [6, 6.07) is 6.22. The summed E-state index contributed by atoms with van der Waals surface area (Å²) in [5, 5.41) is 0. The third-order valence-corrected chi connectivity index (χ3v) is 4.56. The minimum absolute atomic E-state index is 0.286. The topological polar surface area (TPSA) is 26.3 Å². The van der Waals surface area contributed by atoms with E-state index in [0.29, 0.717) is 18.1 Å². The maximum Gasteiger partial charge on any atom is 0.143 e. The van der Waals surface area contributed by atoms with E-state index in [-0.39, 0.29) is 5.41 Å². The average Bonchev–Trinajstić information content (AvgIpc) is 2.65. The fourth-order valence-corrected chi connectivity index (χ4v) is 3.53. The van der Waals surface area contributed by atoms with Gasteiger partial charge in [0.1, 0.15) is 11.5 Å². The Morgan fingerprint density at radius 2 is 2.17 bits per heavy atom. The number of fused-ring (bicyclic) bond motifs is 3. The SMILES string of the molecule is COc1ccc2c(c1)C(C)=C[C@]1(C)C(=O)CC[C@@H]21. The normalized spacial score (nSPS) is 29.6. The van der Waals surface area contributed by atoms with E-state index >= 15 is 0 Å². The van der Waals surface area contributed by atoms with Gasteiger partial charge < -0.3 is 4.74 Å². The zero-order chi connectivity index (χ0) is 12.9. The van der Waals surface area contributed by atoms with E-state index in [1.165, 1.54) is 16.7 Å². The largest absolute Gasteiger partial charge is 0.497 e. The van der Waals surface area contributed by atoms with Crippen LogP contribution in [0.3, 0.4) is 0 Å². The maximum absolute atomic E-state index is 12.1. The Balaban J connectivity index is 2.19. The highest BCUT2D eigenvalue weighted by atomic mass is 16.5. The van der Waals surface area contributed by atoms with E-state index in [2.05, 4.69) is 32.1 Å². The van der Waals surface area contributed by atoms with E-state index < -0.39 is 0 Å². The van der Waals surface area contributed by atoms with Crippen molar-refractivity contribution >= 4 is 11.4 Å². The number of Topliss-reactive ketones (excluding diaryl/α,β-unsaturated/α-hetero) is 1. The highest BCUT2D eigenvalue weighted by molar-refractivity contribution is 5.93. The molecule has 2 atom stereocenters. The fraction of sp³-hybridized carbons (Fsp3) is 0.438. The van der Waals surface area contributed by atoms with Gasteiger partial charge in [-0.25, -0.2) is 0 Å². The van der Waals surface area contributed by atoms with Crippen LogP contribution in [0.2, 0.25) is 0 Å². The van der Waals surface area contributed by atoms with Crippen molar-refractivity contribution in [2.45, 2.75) is 32.6 Å². The summed E-state index contributed by atoms with van der Waals surface area (Å²) in [4.78, 5) is 12.1. The summed E-state index contributed by atoms with van der Waals surface area (Å²) >= 11 is 0. The first kappa shape index (κ1) is 11.5. The molecule has 2 heteroatoms.